The summed E-state index contributed by atoms with van der Waals surface area (Å²) in [6.07, 6.45) is -0.741. The van der Waals surface area contributed by atoms with Gasteiger partial charge in [0, 0.05) is 44.1 Å². The van der Waals surface area contributed by atoms with Gasteiger partial charge < -0.3 is 83.7 Å². The van der Waals surface area contributed by atoms with Gasteiger partial charge in [-0.15, -0.1) is 0 Å². The molecule has 16 N–H and O–H groups in total. The molecule has 0 unspecified atom stereocenters. The van der Waals surface area contributed by atoms with E-state index in [-0.39, 0.29) is 62.7 Å². The molecular weight excluding hydrogens is 1100 g/mol. The van der Waals surface area contributed by atoms with Crippen LogP contribution in [-0.4, -0.2) is 184 Å². The van der Waals surface area contributed by atoms with Gasteiger partial charge in [0.25, 0.3) is 0 Å². The van der Waals surface area contributed by atoms with Gasteiger partial charge in [-0.25, -0.2) is 9.78 Å². The van der Waals surface area contributed by atoms with Crippen LogP contribution in [0.15, 0.2) is 36.8 Å². The predicted molar refractivity (Wildman–Crippen MR) is 295 cm³/mol. The molecule has 1 aliphatic rings. The fraction of sp³-hybridized carbons (Fsp3) is 0.593. The van der Waals surface area contributed by atoms with Crippen LogP contribution in [0.2, 0.25) is 0 Å². The van der Waals surface area contributed by atoms with E-state index in [1.165, 1.54) is 43.7 Å². The van der Waals surface area contributed by atoms with Crippen LogP contribution < -0.4 is 48.3 Å². The molecule has 0 aliphatic carbocycles. The van der Waals surface area contributed by atoms with Crippen molar-refractivity contribution in [2.45, 2.75) is 180 Å². The summed E-state index contributed by atoms with van der Waals surface area (Å²) in [4.78, 5) is 180. The number of aromatic hydroxyl groups is 1. The van der Waals surface area contributed by atoms with Crippen molar-refractivity contribution in [2.24, 2.45) is 23.5 Å². The smallest absolute Gasteiger partial charge is 0.326 e. The maximum absolute atomic E-state index is 14.4. The summed E-state index contributed by atoms with van der Waals surface area (Å²) in [6, 6.07) is -9.48. The number of benzene rings is 1. The number of carbonyl (C=O) groups is 13. The Morgan fingerprint density at radius 1 is 0.595 bits per heavy atom. The predicted octanol–water partition coefficient (Wildman–Crippen LogP) is -1.85. The van der Waals surface area contributed by atoms with Crippen LogP contribution in [0.25, 0.3) is 0 Å². The monoisotopic (exact) mass is 1180 g/mol. The number of nitrogens with zero attached hydrogens (tertiary/aromatic N) is 2. The third-order valence-electron chi connectivity index (χ3n) is 13.4. The molecule has 1 saturated heterocycles. The zero-order valence-electron chi connectivity index (χ0n) is 48.0. The molecule has 0 bridgehead atoms. The zero-order valence-corrected chi connectivity index (χ0v) is 48.0. The Morgan fingerprint density at radius 2 is 1.12 bits per heavy atom. The standard InChI is InChI=1S/C54H80N12O18/c1-26(2)19-36(48(77)59-34(14-16-41(68)69)47(76)65-44(28(5)6)52(81)64-39(54(83)84)20-27(3)4)61-49(78)37(21-30-10-12-32(67)13-11-30)62-50(79)38(23-43(72)73)63-51(80)40-9-8-18-66(40)53(82)35(15-17-42(70)71)60-45(74)29(7)58-46(75)33(55)22-31-24-56-25-57-31/h10-13,24-29,33-40,44,67H,8-9,14-23,55H2,1-7H3,(H,56,57)(H,58,75)(H,59,77)(H,60,74)(H,61,78)(H,62,79)(H,63,80)(H,64,81)(H,65,76)(H,68,69)(H,70,71)(H,72,73)(H,83,84)/t29-,33-,34-,35-,36-,37-,38-,39-,40-,44-/m0/s1. The van der Waals surface area contributed by atoms with Crippen molar-refractivity contribution in [2.75, 3.05) is 6.54 Å². The van der Waals surface area contributed by atoms with E-state index in [1.54, 1.807) is 41.5 Å². The van der Waals surface area contributed by atoms with Gasteiger partial charge in [-0.2, -0.15) is 0 Å². The van der Waals surface area contributed by atoms with Gasteiger partial charge in [-0.05, 0) is 80.9 Å². The molecule has 464 valence electrons. The molecule has 0 saturated carbocycles. The average molecular weight is 1190 g/mol. The zero-order chi connectivity index (χ0) is 63.1. The van der Waals surface area contributed by atoms with Crippen LogP contribution in [0, 0.1) is 17.8 Å². The molecule has 84 heavy (non-hydrogen) atoms. The van der Waals surface area contributed by atoms with Gasteiger partial charge in [0.05, 0.1) is 18.8 Å². The van der Waals surface area contributed by atoms with Crippen molar-refractivity contribution in [1.82, 2.24) is 57.4 Å². The number of carboxylic acids is 4. The number of phenolic OH excluding ortho intramolecular Hbond substituents is 1. The highest BCUT2D eigenvalue weighted by Gasteiger charge is 2.41. The maximum Gasteiger partial charge on any atom is 0.326 e. The lowest BCUT2D eigenvalue weighted by molar-refractivity contribution is -0.145. The maximum atomic E-state index is 14.4. The van der Waals surface area contributed by atoms with Gasteiger partial charge in [0.2, 0.25) is 53.2 Å². The molecule has 1 fully saturated rings. The van der Waals surface area contributed by atoms with E-state index in [2.05, 4.69) is 52.5 Å². The van der Waals surface area contributed by atoms with E-state index >= 15 is 0 Å². The highest BCUT2D eigenvalue weighted by molar-refractivity contribution is 5.99. The van der Waals surface area contributed by atoms with E-state index in [9.17, 15) is 87.9 Å². The third-order valence-corrected chi connectivity index (χ3v) is 13.4. The summed E-state index contributed by atoms with van der Waals surface area (Å²) >= 11 is 0. The Balaban J connectivity index is 1.90. The second kappa shape index (κ2) is 33.4. The van der Waals surface area contributed by atoms with Gasteiger partial charge in [0.1, 0.15) is 60.1 Å². The van der Waals surface area contributed by atoms with Crippen molar-refractivity contribution in [3.05, 3.63) is 48.0 Å². The van der Waals surface area contributed by atoms with Crippen molar-refractivity contribution in [3.8, 4) is 5.75 Å². The van der Waals surface area contributed by atoms with Crippen molar-refractivity contribution < 1.29 is 87.9 Å². The Kier molecular flexibility index (Phi) is 27.7. The molecule has 30 nitrogen and oxygen atoms in total. The molecule has 10 atom stereocenters. The van der Waals surface area contributed by atoms with Gasteiger partial charge >= 0.3 is 23.9 Å². The molecule has 3 rings (SSSR count). The number of hydrogen-bond acceptors (Lipinski definition) is 16. The number of rotatable bonds is 35. The highest BCUT2D eigenvalue weighted by Crippen LogP contribution is 2.21. The van der Waals surface area contributed by atoms with Crippen LogP contribution in [0.1, 0.15) is 118 Å². The molecule has 30 heteroatoms. The molecular formula is C54H80N12O18. The fourth-order valence-electron chi connectivity index (χ4n) is 8.97. The van der Waals surface area contributed by atoms with Crippen molar-refractivity contribution in [1.29, 1.82) is 0 Å². The number of phenols is 1. The number of nitrogens with two attached hydrogens (primary N) is 1. The van der Waals surface area contributed by atoms with E-state index < -0.39 is 175 Å². The first-order chi connectivity index (χ1) is 39.4. The topological polar surface area (TPSA) is 477 Å². The summed E-state index contributed by atoms with van der Waals surface area (Å²) in [5.41, 5.74) is 6.85. The van der Waals surface area contributed by atoms with Gasteiger partial charge in [-0.1, -0.05) is 53.7 Å². The Morgan fingerprint density at radius 3 is 1.67 bits per heavy atom. The number of aromatic amines is 1. The second-order valence-corrected chi connectivity index (χ2v) is 21.8. The quantitative estimate of drug-likeness (QED) is 0.0360. The molecule has 2 heterocycles. The first-order valence-corrected chi connectivity index (χ1v) is 27.5. The van der Waals surface area contributed by atoms with E-state index in [0.717, 1.165) is 4.90 Å². The summed E-state index contributed by atoms with van der Waals surface area (Å²) in [6.45, 7) is 11.2. The van der Waals surface area contributed by atoms with E-state index in [0.29, 0.717) is 11.3 Å². The summed E-state index contributed by atoms with van der Waals surface area (Å²) in [5.74, 6) is -15.7. The molecule has 1 aromatic heterocycles. The molecule has 0 radical (unpaired) electrons. The number of likely N-dealkylation sites (tertiary alicyclic amines) is 1. The van der Waals surface area contributed by atoms with E-state index in [1.807, 2.05) is 0 Å². The molecule has 2 aromatic rings. The largest absolute Gasteiger partial charge is 0.508 e. The number of H-pyrrole nitrogens is 1. The van der Waals surface area contributed by atoms with Crippen LogP contribution in [0.5, 0.6) is 5.75 Å². The Hall–Kier alpha value is -8.70. The summed E-state index contributed by atoms with van der Waals surface area (Å²) in [5, 5.41) is 68.3. The lowest BCUT2D eigenvalue weighted by atomic mass is 9.99. The van der Waals surface area contributed by atoms with Gasteiger partial charge in [0.15, 0.2) is 0 Å². The van der Waals surface area contributed by atoms with Crippen LogP contribution in [-0.2, 0) is 75.2 Å². The Bertz CT molecular complexity index is 2650. The summed E-state index contributed by atoms with van der Waals surface area (Å²) in [7, 11) is 0. The lowest BCUT2D eigenvalue weighted by Crippen LogP contribution is -2.61. The van der Waals surface area contributed by atoms with Crippen LogP contribution in [0.3, 0.4) is 0 Å². The normalized spacial score (nSPS) is 16.3. The number of amides is 9. The summed E-state index contributed by atoms with van der Waals surface area (Å²) < 4.78 is 0. The minimum Gasteiger partial charge on any atom is -0.508 e. The average Bonchev–Trinajstić information content (AvgIpc) is 3.50. The SMILES string of the molecule is CC(C)C[C@H](NC(=O)[C@@H](NC(=O)[C@H](CCC(=O)O)NC(=O)[C@H](CC(C)C)NC(=O)[C@H](Cc1ccc(O)cc1)NC(=O)[C@H](CC(=O)O)NC(=O)[C@@H]1CCCN1C(=O)[C@H](CCC(=O)O)NC(=O)[C@H](C)NC(=O)[C@@H](N)Cc1cnc[nH]1)C(C)C)C(=O)O. The number of nitrogens with one attached hydrogen (secondary N) is 9. The van der Waals surface area contributed by atoms with Gasteiger partial charge in [-0.3, -0.25) is 57.5 Å². The molecule has 0 spiro atoms. The van der Waals surface area contributed by atoms with Crippen molar-refractivity contribution in [3.63, 3.8) is 0 Å². The molecule has 1 aliphatic heterocycles. The first kappa shape index (κ1) is 69.6. The minimum absolute atomic E-state index is 0.0391. The van der Waals surface area contributed by atoms with Crippen molar-refractivity contribution >= 4 is 77.0 Å². The fourth-order valence-corrected chi connectivity index (χ4v) is 8.97. The lowest BCUT2D eigenvalue weighted by Gasteiger charge is -2.30. The molecule has 1 aromatic carbocycles. The number of imidazole rings is 1. The van der Waals surface area contributed by atoms with Crippen LogP contribution in [0.4, 0.5) is 0 Å². The van der Waals surface area contributed by atoms with E-state index in [4.69, 9.17) is 5.73 Å². The third kappa shape index (κ3) is 23.3. The number of aromatic nitrogens is 2. The Labute approximate surface area is 484 Å². The number of aliphatic carboxylic acids is 4. The minimum atomic E-state index is -1.94. The molecule has 9 amide bonds. The second-order valence-electron chi connectivity index (χ2n) is 21.8. The highest BCUT2D eigenvalue weighted by atomic mass is 16.4. The van der Waals surface area contributed by atoms with Crippen LogP contribution >= 0.6 is 0 Å². The number of carbonyl (C=O) groups excluding carboxylic acids is 9. The number of hydrogen-bond donors (Lipinski definition) is 15. The first-order valence-electron chi connectivity index (χ1n) is 27.5. The number of carboxylic acid groups (broad SMARTS) is 4.